The van der Waals surface area contributed by atoms with Gasteiger partial charge in [-0.05, 0) is 46.9 Å². The minimum absolute atomic E-state index is 0.0630. The number of carbonyl (C=O) groups is 2. The second kappa shape index (κ2) is 12.8. The molecular weight excluding hydrogens is 550 g/mol. The summed E-state index contributed by atoms with van der Waals surface area (Å²) in [6, 6.07) is 22.9. The molecule has 216 valence electrons. The number of para-hydroxylation sites is 1. The van der Waals surface area contributed by atoms with E-state index in [0.29, 0.717) is 57.1 Å². The van der Waals surface area contributed by atoms with Crippen LogP contribution in [0, 0.1) is 0 Å². The van der Waals surface area contributed by atoms with Crippen molar-refractivity contribution in [1.82, 2.24) is 30.3 Å². The molecule has 0 radical (unpaired) electrons. The maximum Gasteiger partial charge on any atom is 0.245 e. The number of carbonyl (C=O) groups excluding carboxylic acids is 2. The number of rotatable bonds is 8. The standard InChI is InChI=1S/C32H34ClN7O2/c33-27-11-9-23(10-12-27)17-29(37-31(41)28-18-24-5-1-2-6-25(24)19-34-28)32(42)40-15-13-39(14-16-40)30-8-4-3-7-26(30)20-38-21-35-36-22-38/h1-12,21-22,28-29,34H,13-20H2,(H,37,41)/t28-,29+/m1/s1. The summed E-state index contributed by atoms with van der Waals surface area (Å²) in [5, 5.41) is 14.9. The summed E-state index contributed by atoms with van der Waals surface area (Å²) >= 11 is 6.11. The van der Waals surface area contributed by atoms with Crippen molar-refractivity contribution < 1.29 is 9.59 Å². The normalized spacial score (nSPS) is 17.4. The van der Waals surface area contributed by atoms with E-state index < -0.39 is 6.04 Å². The van der Waals surface area contributed by atoms with Crippen molar-refractivity contribution >= 4 is 29.1 Å². The highest BCUT2D eigenvalue weighted by atomic mass is 35.5. The molecule has 4 aromatic rings. The molecule has 0 unspecified atom stereocenters. The zero-order valence-corrected chi connectivity index (χ0v) is 24.1. The maximum atomic E-state index is 13.9. The van der Waals surface area contributed by atoms with E-state index in [-0.39, 0.29) is 17.9 Å². The average Bonchev–Trinajstić information content (AvgIpc) is 3.55. The molecule has 10 heteroatoms. The minimum atomic E-state index is -0.676. The van der Waals surface area contributed by atoms with E-state index in [0.717, 1.165) is 16.8 Å². The highest BCUT2D eigenvalue weighted by Crippen LogP contribution is 2.24. The highest BCUT2D eigenvalue weighted by molar-refractivity contribution is 6.30. The van der Waals surface area contributed by atoms with Gasteiger partial charge in [0.05, 0.1) is 12.6 Å². The second-order valence-corrected chi connectivity index (χ2v) is 11.3. The number of fused-ring (bicyclic) bond motifs is 1. The van der Waals surface area contributed by atoms with Gasteiger partial charge >= 0.3 is 0 Å². The first-order valence-corrected chi connectivity index (χ1v) is 14.7. The summed E-state index contributed by atoms with van der Waals surface area (Å²) in [4.78, 5) is 31.6. The molecule has 0 spiro atoms. The lowest BCUT2D eigenvalue weighted by atomic mass is 9.95. The number of nitrogens with zero attached hydrogens (tertiary/aromatic N) is 5. The van der Waals surface area contributed by atoms with Crippen LogP contribution in [0.15, 0.2) is 85.5 Å². The first-order valence-electron chi connectivity index (χ1n) is 14.3. The third-order valence-electron chi connectivity index (χ3n) is 8.11. The lowest BCUT2D eigenvalue weighted by Crippen LogP contribution is -2.58. The van der Waals surface area contributed by atoms with Crippen molar-refractivity contribution in [1.29, 1.82) is 0 Å². The second-order valence-electron chi connectivity index (χ2n) is 10.9. The van der Waals surface area contributed by atoms with Crippen LogP contribution < -0.4 is 15.5 Å². The minimum Gasteiger partial charge on any atom is -0.368 e. The van der Waals surface area contributed by atoms with E-state index in [2.05, 4.69) is 50.0 Å². The number of amides is 2. The van der Waals surface area contributed by atoms with Crippen molar-refractivity contribution in [2.45, 2.75) is 38.0 Å². The molecular formula is C32H34ClN7O2. The van der Waals surface area contributed by atoms with E-state index in [4.69, 9.17) is 11.6 Å². The predicted octanol–water partition coefficient (Wildman–Crippen LogP) is 3.07. The van der Waals surface area contributed by atoms with Gasteiger partial charge in [-0.1, -0.05) is 66.2 Å². The molecule has 2 amide bonds. The predicted molar refractivity (Wildman–Crippen MR) is 162 cm³/mol. The fourth-order valence-electron chi connectivity index (χ4n) is 5.81. The van der Waals surface area contributed by atoms with E-state index in [9.17, 15) is 9.59 Å². The molecule has 0 bridgehead atoms. The molecule has 0 saturated carbocycles. The summed E-state index contributed by atoms with van der Waals surface area (Å²) in [5.74, 6) is -0.217. The number of hydrogen-bond donors (Lipinski definition) is 2. The average molecular weight is 584 g/mol. The number of benzene rings is 3. The Morgan fingerprint density at radius 1 is 0.905 bits per heavy atom. The van der Waals surface area contributed by atoms with Gasteiger partial charge in [0.25, 0.3) is 0 Å². The van der Waals surface area contributed by atoms with Gasteiger partial charge in [-0.25, -0.2) is 0 Å². The number of piperazine rings is 1. The van der Waals surface area contributed by atoms with Crippen LogP contribution in [0.1, 0.15) is 22.3 Å². The molecule has 1 fully saturated rings. The zero-order chi connectivity index (χ0) is 28.9. The molecule has 9 nitrogen and oxygen atoms in total. The number of anilines is 1. The highest BCUT2D eigenvalue weighted by Gasteiger charge is 2.32. The Morgan fingerprint density at radius 2 is 1.60 bits per heavy atom. The van der Waals surface area contributed by atoms with Crippen LogP contribution in [0.4, 0.5) is 5.69 Å². The van der Waals surface area contributed by atoms with Crippen molar-refractivity contribution in [2.24, 2.45) is 0 Å². The zero-order valence-electron chi connectivity index (χ0n) is 23.3. The van der Waals surface area contributed by atoms with Gasteiger partial charge in [0.2, 0.25) is 11.8 Å². The molecule has 2 aliphatic heterocycles. The molecule has 2 atom stereocenters. The quantitative estimate of drug-likeness (QED) is 0.331. The van der Waals surface area contributed by atoms with Crippen LogP contribution in [0.25, 0.3) is 0 Å². The van der Waals surface area contributed by atoms with Gasteiger partial charge in [-0.3, -0.25) is 9.59 Å². The van der Waals surface area contributed by atoms with Gasteiger partial charge < -0.3 is 25.0 Å². The number of hydrogen-bond acceptors (Lipinski definition) is 6. The number of halogens is 1. The Bertz CT molecular complexity index is 1520. The molecule has 2 aliphatic rings. The first kappa shape index (κ1) is 27.9. The Balaban J connectivity index is 1.14. The van der Waals surface area contributed by atoms with Crippen molar-refractivity contribution in [3.05, 3.63) is 113 Å². The fraction of sp³-hybridized carbons (Fsp3) is 0.312. The van der Waals surface area contributed by atoms with Crippen molar-refractivity contribution in [2.75, 3.05) is 31.1 Å². The summed E-state index contributed by atoms with van der Waals surface area (Å²) in [7, 11) is 0. The van der Waals surface area contributed by atoms with Crippen LogP contribution in [0.2, 0.25) is 5.02 Å². The van der Waals surface area contributed by atoms with E-state index in [1.54, 1.807) is 12.7 Å². The molecule has 3 heterocycles. The first-order chi connectivity index (χ1) is 20.5. The molecule has 2 N–H and O–H groups in total. The monoisotopic (exact) mass is 583 g/mol. The van der Waals surface area contributed by atoms with Crippen LogP contribution in [-0.4, -0.2) is 69.7 Å². The Morgan fingerprint density at radius 3 is 2.36 bits per heavy atom. The maximum absolute atomic E-state index is 13.9. The van der Waals surface area contributed by atoms with Crippen LogP contribution in [0.3, 0.4) is 0 Å². The fourth-order valence-corrected chi connectivity index (χ4v) is 5.94. The van der Waals surface area contributed by atoms with E-state index in [1.165, 1.54) is 11.1 Å². The molecule has 42 heavy (non-hydrogen) atoms. The molecule has 0 aliphatic carbocycles. The number of nitrogens with one attached hydrogen (secondary N) is 2. The summed E-state index contributed by atoms with van der Waals surface area (Å²) in [6.45, 7) is 3.85. The van der Waals surface area contributed by atoms with Gasteiger partial charge in [-0.2, -0.15) is 0 Å². The van der Waals surface area contributed by atoms with Crippen molar-refractivity contribution in [3.8, 4) is 0 Å². The van der Waals surface area contributed by atoms with Gasteiger partial charge in [0, 0.05) is 49.9 Å². The summed E-state index contributed by atoms with van der Waals surface area (Å²) < 4.78 is 1.95. The lowest BCUT2D eigenvalue weighted by Gasteiger charge is -2.38. The van der Waals surface area contributed by atoms with E-state index in [1.807, 2.05) is 58.0 Å². The Labute approximate surface area is 250 Å². The third-order valence-corrected chi connectivity index (χ3v) is 8.36. The molecule has 3 aromatic carbocycles. The SMILES string of the molecule is O=C(N[C@@H](Cc1ccc(Cl)cc1)C(=O)N1CCN(c2ccccc2Cn2cnnc2)CC1)[C@H]1Cc2ccccc2CN1. The topological polar surface area (TPSA) is 95.4 Å². The molecule has 1 aromatic heterocycles. The van der Waals surface area contributed by atoms with Crippen LogP contribution >= 0.6 is 11.6 Å². The summed E-state index contributed by atoms with van der Waals surface area (Å²) in [6.07, 6.45) is 4.42. The smallest absolute Gasteiger partial charge is 0.245 e. The van der Waals surface area contributed by atoms with Gasteiger partial charge in [-0.15, -0.1) is 10.2 Å². The van der Waals surface area contributed by atoms with Crippen LogP contribution in [0.5, 0.6) is 0 Å². The Kier molecular flexibility index (Phi) is 8.48. The third kappa shape index (κ3) is 6.48. The van der Waals surface area contributed by atoms with Gasteiger partial charge in [0.1, 0.15) is 18.7 Å². The van der Waals surface area contributed by atoms with Crippen LogP contribution in [-0.2, 0) is 35.5 Å². The lowest BCUT2D eigenvalue weighted by molar-refractivity contribution is -0.137. The van der Waals surface area contributed by atoms with Gasteiger partial charge in [0.15, 0.2) is 0 Å². The molecule has 1 saturated heterocycles. The largest absolute Gasteiger partial charge is 0.368 e. The Hall–Kier alpha value is -4.21. The summed E-state index contributed by atoms with van der Waals surface area (Å²) in [5.41, 5.74) is 5.63. The molecule has 6 rings (SSSR count). The van der Waals surface area contributed by atoms with Crippen molar-refractivity contribution in [3.63, 3.8) is 0 Å². The number of aromatic nitrogens is 3. The van der Waals surface area contributed by atoms with E-state index >= 15 is 0 Å².